The van der Waals surface area contributed by atoms with Crippen molar-refractivity contribution in [1.82, 2.24) is 5.32 Å². The average molecular weight is 191 g/mol. The first-order valence-electron chi connectivity index (χ1n) is 5.16. The highest BCUT2D eigenvalue weighted by Crippen LogP contribution is 2.34. The number of aliphatic hydroxyl groups is 1. The largest absolute Gasteiger partial charge is 0.383 e. The second-order valence-corrected chi connectivity index (χ2v) is 4.16. The Hall–Kier alpha value is -0.860. The third kappa shape index (κ3) is 1.35. The zero-order valence-corrected chi connectivity index (χ0v) is 8.75. The Morgan fingerprint density at radius 1 is 1.43 bits per heavy atom. The van der Waals surface area contributed by atoms with Gasteiger partial charge in [-0.25, -0.2) is 0 Å². The van der Waals surface area contributed by atoms with Gasteiger partial charge >= 0.3 is 0 Å². The fourth-order valence-electron chi connectivity index (χ4n) is 2.29. The molecule has 2 nitrogen and oxygen atoms in total. The molecule has 0 bridgehead atoms. The van der Waals surface area contributed by atoms with Crippen LogP contribution in [0, 0.1) is 6.92 Å². The van der Waals surface area contributed by atoms with Crippen LogP contribution in [0.5, 0.6) is 0 Å². The summed E-state index contributed by atoms with van der Waals surface area (Å²) in [5.41, 5.74) is 1.56. The van der Waals surface area contributed by atoms with Crippen LogP contribution in [0.15, 0.2) is 24.3 Å². The van der Waals surface area contributed by atoms with Crippen molar-refractivity contribution in [2.75, 3.05) is 6.54 Å². The summed E-state index contributed by atoms with van der Waals surface area (Å²) >= 11 is 0. The van der Waals surface area contributed by atoms with Crippen LogP contribution in [-0.2, 0) is 5.60 Å². The molecule has 2 unspecified atom stereocenters. The normalized spacial score (nSPS) is 32.1. The van der Waals surface area contributed by atoms with Gasteiger partial charge in [0.15, 0.2) is 0 Å². The Kier molecular flexibility index (Phi) is 2.33. The van der Waals surface area contributed by atoms with Gasteiger partial charge in [0, 0.05) is 6.04 Å². The summed E-state index contributed by atoms with van der Waals surface area (Å²) in [7, 11) is 0. The molecule has 0 spiro atoms. The molecule has 1 fully saturated rings. The summed E-state index contributed by atoms with van der Waals surface area (Å²) in [5, 5.41) is 13.8. The lowest BCUT2D eigenvalue weighted by Gasteiger charge is -2.29. The minimum Gasteiger partial charge on any atom is -0.383 e. The van der Waals surface area contributed by atoms with E-state index in [0.29, 0.717) is 0 Å². The summed E-state index contributed by atoms with van der Waals surface area (Å²) in [6.07, 6.45) is 0.805. The van der Waals surface area contributed by atoms with Crippen molar-refractivity contribution < 1.29 is 5.11 Å². The van der Waals surface area contributed by atoms with Crippen LogP contribution >= 0.6 is 0 Å². The van der Waals surface area contributed by atoms with E-state index >= 15 is 0 Å². The van der Waals surface area contributed by atoms with Crippen LogP contribution in [-0.4, -0.2) is 17.7 Å². The van der Waals surface area contributed by atoms with Gasteiger partial charge in [0.25, 0.3) is 0 Å². The van der Waals surface area contributed by atoms with E-state index in [9.17, 15) is 5.11 Å². The van der Waals surface area contributed by atoms with Crippen molar-refractivity contribution >= 4 is 0 Å². The number of hydrogen-bond donors (Lipinski definition) is 2. The van der Waals surface area contributed by atoms with Crippen molar-refractivity contribution in [3.05, 3.63) is 35.4 Å². The lowest BCUT2D eigenvalue weighted by atomic mass is 9.85. The minimum absolute atomic E-state index is 0.142. The lowest BCUT2D eigenvalue weighted by molar-refractivity contribution is 0.0287. The average Bonchev–Trinajstić information content (AvgIpc) is 2.49. The molecule has 76 valence electrons. The molecule has 1 aromatic rings. The van der Waals surface area contributed by atoms with E-state index < -0.39 is 5.60 Å². The molecule has 1 aliphatic rings. The van der Waals surface area contributed by atoms with Crippen LogP contribution in [0.3, 0.4) is 0 Å². The van der Waals surface area contributed by atoms with E-state index in [1.54, 1.807) is 0 Å². The van der Waals surface area contributed by atoms with E-state index in [2.05, 4.69) is 18.3 Å². The molecule has 1 aliphatic heterocycles. The molecule has 2 N–H and O–H groups in total. The third-order valence-corrected chi connectivity index (χ3v) is 3.28. The molecule has 2 heteroatoms. The highest BCUT2D eigenvalue weighted by atomic mass is 16.3. The van der Waals surface area contributed by atoms with Gasteiger partial charge < -0.3 is 10.4 Å². The van der Waals surface area contributed by atoms with Gasteiger partial charge in [-0.2, -0.15) is 0 Å². The van der Waals surface area contributed by atoms with E-state index in [1.807, 2.05) is 25.1 Å². The summed E-state index contributed by atoms with van der Waals surface area (Å²) < 4.78 is 0. The first-order chi connectivity index (χ1) is 6.64. The second-order valence-electron chi connectivity index (χ2n) is 4.16. The smallest absolute Gasteiger partial charge is 0.106 e. The summed E-state index contributed by atoms with van der Waals surface area (Å²) in [6, 6.07) is 8.22. The Balaban J connectivity index is 2.43. The third-order valence-electron chi connectivity index (χ3n) is 3.28. The Bertz CT molecular complexity index is 337. The van der Waals surface area contributed by atoms with E-state index in [1.165, 1.54) is 5.56 Å². The zero-order chi connectivity index (χ0) is 10.2. The highest BCUT2D eigenvalue weighted by Gasteiger charge is 2.40. The monoisotopic (exact) mass is 191 g/mol. The fourth-order valence-corrected chi connectivity index (χ4v) is 2.29. The molecule has 2 atom stereocenters. The molecular weight excluding hydrogens is 174 g/mol. The zero-order valence-electron chi connectivity index (χ0n) is 8.75. The quantitative estimate of drug-likeness (QED) is 0.706. The van der Waals surface area contributed by atoms with E-state index in [0.717, 1.165) is 18.5 Å². The maximum Gasteiger partial charge on any atom is 0.106 e. The van der Waals surface area contributed by atoms with E-state index in [-0.39, 0.29) is 6.04 Å². The van der Waals surface area contributed by atoms with Gasteiger partial charge in [-0.05, 0) is 37.9 Å². The summed E-state index contributed by atoms with van der Waals surface area (Å²) in [6.45, 7) is 4.99. The van der Waals surface area contributed by atoms with Crippen molar-refractivity contribution in [2.24, 2.45) is 0 Å². The number of nitrogens with one attached hydrogen (secondary N) is 1. The molecule has 1 saturated heterocycles. The number of rotatable bonds is 1. The first kappa shape index (κ1) is 9.69. The van der Waals surface area contributed by atoms with Gasteiger partial charge in [-0.15, -0.1) is 0 Å². The summed E-state index contributed by atoms with van der Waals surface area (Å²) in [4.78, 5) is 0. The van der Waals surface area contributed by atoms with Crippen molar-refractivity contribution in [3.63, 3.8) is 0 Å². The molecular formula is C12H17NO. The van der Waals surface area contributed by atoms with Crippen molar-refractivity contribution in [1.29, 1.82) is 0 Å². The Morgan fingerprint density at radius 2 is 2.14 bits per heavy atom. The highest BCUT2D eigenvalue weighted by molar-refractivity contribution is 5.33. The molecule has 0 amide bonds. The van der Waals surface area contributed by atoms with Crippen LogP contribution in [0.25, 0.3) is 0 Å². The number of benzene rings is 1. The molecule has 1 heterocycles. The Labute approximate surface area is 85.0 Å². The molecule has 0 radical (unpaired) electrons. The lowest BCUT2D eigenvalue weighted by Crippen LogP contribution is -2.38. The number of hydrogen-bond acceptors (Lipinski definition) is 2. The van der Waals surface area contributed by atoms with Gasteiger partial charge in [-0.3, -0.25) is 0 Å². The summed E-state index contributed by atoms with van der Waals surface area (Å²) in [5.74, 6) is 0. The predicted octanol–water partition coefficient (Wildman–Crippen LogP) is 1.56. The maximum atomic E-state index is 10.5. The topological polar surface area (TPSA) is 32.3 Å². The predicted molar refractivity (Wildman–Crippen MR) is 57.2 cm³/mol. The van der Waals surface area contributed by atoms with Gasteiger partial charge in [0.05, 0.1) is 0 Å². The molecule has 14 heavy (non-hydrogen) atoms. The molecule has 0 aromatic heterocycles. The maximum absolute atomic E-state index is 10.5. The minimum atomic E-state index is -0.675. The van der Waals surface area contributed by atoms with Gasteiger partial charge in [-0.1, -0.05) is 24.3 Å². The molecule has 0 saturated carbocycles. The van der Waals surface area contributed by atoms with Gasteiger partial charge in [0.2, 0.25) is 0 Å². The van der Waals surface area contributed by atoms with Crippen molar-refractivity contribution in [3.8, 4) is 0 Å². The number of aryl methyl sites for hydroxylation is 1. The fraction of sp³-hybridized carbons (Fsp3) is 0.500. The van der Waals surface area contributed by atoms with E-state index in [4.69, 9.17) is 0 Å². The Morgan fingerprint density at radius 3 is 2.71 bits per heavy atom. The molecule has 2 rings (SSSR count). The second kappa shape index (κ2) is 3.37. The van der Waals surface area contributed by atoms with Crippen molar-refractivity contribution in [2.45, 2.75) is 31.9 Å². The van der Waals surface area contributed by atoms with Crippen LogP contribution in [0.1, 0.15) is 24.5 Å². The SMILES string of the molecule is Cc1ccccc1C1(O)CCNC1C. The van der Waals surface area contributed by atoms with Crippen LogP contribution in [0.2, 0.25) is 0 Å². The van der Waals surface area contributed by atoms with Gasteiger partial charge in [0.1, 0.15) is 5.60 Å². The van der Waals surface area contributed by atoms with Crippen LogP contribution < -0.4 is 5.32 Å². The molecule has 0 aliphatic carbocycles. The standard InChI is InChI=1S/C12H17NO/c1-9-5-3-4-6-11(9)12(14)7-8-13-10(12)2/h3-6,10,13-14H,7-8H2,1-2H3. The van der Waals surface area contributed by atoms with Crippen LogP contribution in [0.4, 0.5) is 0 Å². The molecule has 1 aromatic carbocycles. The first-order valence-corrected chi connectivity index (χ1v) is 5.16.